The van der Waals surface area contributed by atoms with Gasteiger partial charge in [-0.15, -0.1) is 0 Å². The first-order valence-electron chi connectivity index (χ1n) is 8.91. The maximum absolute atomic E-state index is 12.7. The molecule has 1 aliphatic carbocycles. The van der Waals surface area contributed by atoms with Crippen LogP contribution in [0.25, 0.3) is 0 Å². The number of amides is 1. The van der Waals surface area contributed by atoms with Crippen molar-refractivity contribution in [3.05, 3.63) is 46.5 Å². The van der Waals surface area contributed by atoms with Gasteiger partial charge in [0.1, 0.15) is 11.6 Å². The monoisotopic (exact) mass is 371 g/mol. The van der Waals surface area contributed by atoms with Gasteiger partial charge in [0.25, 0.3) is 0 Å². The fourth-order valence-electron chi connectivity index (χ4n) is 2.85. The molecule has 0 aliphatic heterocycles. The molecule has 1 amide bonds. The van der Waals surface area contributed by atoms with E-state index in [1.54, 1.807) is 58.9 Å². The summed E-state index contributed by atoms with van der Waals surface area (Å²) in [6.45, 7) is 8.39. The molecule has 2 rings (SSSR count). The normalized spacial score (nSPS) is 15.3. The third kappa shape index (κ3) is 4.90. The molecule has 27 heavy (non-hydrogen) atoms. The predicted molar refractivity (Wildman–Crippen MR) is 100 cm³/mol. The summed E-state index contributed by atoms with van der Waals surface area (Å²) >= 11 is 0. The van der Waals surface area contributed by atoms with E-state index in [1.807, 2.05) is 0 Å². The average molecular weight is 371 g/mol. The van der Waals surface area contributed by atoms with Crippen molar-refractivity contribution < 1.29 is 23.9 Å². The minimum absolute atomic E-state index is 0.000990. The van der Waals surface area contributed by atoms with Crippen LogP contribution in [-0.4, -0.2) is 35.1 Å². The van der Waals surface area contributed by atoms with Crippen molar-refractivity contribution in [3.63, 3.8) is 0 Å². The van der Waals surface area contributed by atoms with Gasteiger partial charge >= 0.3 is 5.97 Å². The minimum Gasteiger partial charge on any atom is -0.458 e. The molecule has 0 aromatic heterocycles. The van der Waals surface area contributed by atoms with E-state index in [4.69, 9.17) is 4.74 Å². The summed E-state index contributed by atoms with van der Waals surface area (Å²) in [4.78, 5) is 49.2. The number of ether oxygens (including phenoxy) is 1. The van der Waals surface area contributed by atoms with Crippen LogP contribution in [0.4, 0.5) is 0 Å². The van der Waals surface area contributed by atoms with Crippen LogP contribution < -0.4 is 5.32 Å². The molecule has 0 saturated heterocycles. The number of fused-ring (bicyclic) bond motifs is 1. The van der Waals surface area contributed by atoms with Gasteiger partial charge in [0.2, 0.25) is 5.91 Å². The Morgan fingerprint density at radius 2 is 1.63 bits per heavy atom. The Balaban J connectivity index is 2.01. The van der Waals surface area contributed by atoms with Gasteiger partial charge in [-0.25, -0.2) is 4.79 Å². The summed E-state index contributed by atoms with van der Waals surface area (Å²) in [5.41, 5.74) is 0.836. The number of carbonyl (C=O) groups excluding carboxylic acids is 4. The fourth-order valence-corrected chi connectivity index (χ4v) is 2.85. The van der Waals surface area contributed by atoms with Crippen LogP contribution in [0.3, 0.4) is 0 Å². The molecule has 0 bridgehead atoms. The zero-order chi connectivity index (χ0) is 20.4. The van der Waals surface area contributed by atoms with Crippen LogP contribution in [0.5, 0.6) is 0 Å². The lowest BCUT2D eigenvalue weighted by Crippen LogP contribution is -2.42. The number of allylic oxidation sites excluding steroid dienone is 2. The molecule has 1 aromatic carbocycles. The van der Waals surface area contributed by atoms with Gasteiger partial charge < -0.3 is 10.1 Å². The van der Waals surface area contributed by atoms with E-state index >= 15 is 0 Å². The number of benzene rings is 1. The second-order valence-corrected chi connectivity index (χ2v) is 7.63. The fraction of sp³-hybridized carbons (Fsp3) is 0.429. The first-order chi connectivity index (χ1) is 12.5. The third-order valence-electron chi connectivity index (χ3n) is 4.22. The van der Waals surface area contributed by atoms with Gasteiger partial charge in [-0.3, -0.25) is 14.4 Å². The molecular formula is C21H25NO5. The topological polar surface area (TPSA) is 89.5 Å². The van der Waals surface area contributed by atoms with Crippen molar-refractivity contribution in [1.29, 1.82) is 0 Å². The smallest absolute Gasteiger partial charge is 0.328 e. The molecule has 1 aromatic rings. The zero-order valence-corrected chi connectivity index (χ0v) is 16.3. The highest BCUT2D eigenvalue weighted by Crippen LogP contribution is 2.28. The summed E-state index contributed by atoms with van der Waals surface area (Å²) in [7, 11) is 0. The number of hydrogen-bond donors (Lipinski definition) is 1. The van der Waals surface area contributed by atoms with Crippen molar-refractivity contribution in [1.82, 2.24) is 5.32 Å². The summed E-state index contributed by atoms with van der Waals surface area (Å²) in [6.07, 6.45) is 0.138. The van der Waals surface area contributed by atoms with Crippen LogP contribution >= 0.6 is 0 Å². The van der Waals surface area contributed by atoms with Crippen molar-refractivity contribution in [2.45, 2.75) is 59.1 Å². The largest absolute Gasteiger partial charge is 0.458 e. The molecule has 1 unspecified atom stereocenters. The van der Waals surface area contributed by atoms with E-state index in [9.17, 15) is 19.2 Å². The number of carbonyl (C=O) groups is 4. The van der Waals surface area contributed by atoms with Gasteiger partial charge in [0.05, 0.1) is 0 Å². The second-order valence-electron chi connectivity index (χ2n) is 7.63. The van der Waals surface area contributed by atoms with Crippen LogP contribution in [-0.2, 0) is 14.3 Å². The SMILES string of the molecule is CC1=C(CCC(=O)NC(C)C(=O)OC(C)(C)C)C(=O)c2ccccc2C1=O. The standard InChI is InChI=1S/C21H25NO5/c1-12-14(19(25)16-9-7-6-8-15(16)18(12)24)10-11-17(23)22-13(2)20(26)27-21(3,4)5/h6-9,13H,10-11H2,1-5H3,(H,22,23). The molecule has 6 heteroatoms. The highest BCUT2D eigenvalue weighted by molar-refractivity contribution is 6.26. The van der Waals surface area contributed by atoms with Gasteiger partial charge in [-0.05, 0) is 41.0 Å². The Kier molecular flexibility index (Phi) is 5.98. The molecule has 1 atom stereocenters. The molecule has 6 nitrogen and oxygen atoms in total. The van der Waals surface area contributed by atoms with Gasteiger partial charge in [-0.2, -0.15) is 0 Å². The Morgan fingerprint density at radius 3 is 2.19 bits per heavy atom. The number of esters is 1. The molecule has 0 heterocycles. The third-order valence-corrected chi connectivity index (χ3v) is 4.22. The quantitative estimate of drug-likeness (QED) is 0.804. The molecular weight excluding hydrogens is 346 g/mol. The Morgan fingerprint density at radius 1 is 1.07 bits per heavy atom. The molecule has 0 radical (unpaired) electrons. The van der Waals surface area contributed by atoms with Crippen molar-refractivity contribution >= 4 is 23.4 Å². The summed E-state index contributed by atoms with van der Waals surface area (Å²) < 4.78 is 5.22. The van der Waals surface area contributed by atoms with E-state index in [1.165, 1.54) is 0 Å². The van der Waals surface area contributed by atoms with Crippen molar-refractivity contribution in [2.75, 3.05) is 0 Å². The predicted octanol–water partition coefficient (Wildman–Crippen LogP) is 3.01. The number of nitrogens with one attached hydrogen (secondary N) is 1. The van der Waals surface area contributed by atoms with Gasteiger partial charge in [0.15, 0.2) is 11.6 Å². The lowest BCUT2D eigenvalue weighted by Gasteiger charge is -2.23. The number of Topliss-reactive ketones (excluding diaryl/α,β-unsaturated/α-hetero) is 2. The van der Waals surface area contributed by atoms with Gasteiger partial charge in [0, 0.05) is 28.7 Å². The molecule has 1 aliphatic rings. The maximum Gasteiger partial charge on any atom is 0.328 e. The minimum atomic E-state index is -0.795. The van der Waals surface area contributed by atoms with Crippen LogP contribution in [0.1, 0.15) is 68.2 Å². The van der Waals surface area contributed by atoms with E-state index in [0.717, 1.165) is 0 Å². The molecule has 0 fully saturated rings. The Labute approximate surface area is 159 Å². The Hall–Kier alpha value is -2.76. The summed E-state index contributed by atoms with van der Waals surface area (Å²) in [5, 5.41) is 2.57. The number of hydrogen-bond acceptors (Lipinski definition) is 5. The lowest BCUT2D eigenvalue weighted by atomic mass is 9.83. The first-order valence-corrected chi connectivity index (χ1v) is 8.91. The van der Waals surface area contributed by atoms with E-state index in [0.29, 0.717) is 22.3 Å². The molecule has 0 saturated carbocycles. The highest BCUT2D eigenvalue weighted by Gasteiger charge is 2.30. The maximum atomic E-state index is 12.7. The molecule has 144 valence electrons. The first kappa shape index (κ1) is 20.6. The number of rotatable bonds is 5. The average Bonchev–Trinajstić information content (AvgIpc) is 2.58. The lowest BCUT2D eigenvalue weighted by molar-refractivity contribution is -0.158. The van der Waals surface area contributed by atoms with E-state index in [2.05, 4.69) is 5.32 Å². The van der Waals surface area contributed by atoms with E-state index < -0.39 is 17.6 Å². The van der Waals surface area contributed by atoms with Crippen molar-refractivity contribution in [2.24, 2.45) is 0 Å². The Bertz CT molecular complexity index is 829. The van der Waals surface area contributed by atoms with Crippen LogP contribution in [0.2, 0.25) is 0 Å². The van der Waals surface area contributed by atoms with Crippen LogP contribution in [0, 0.1) is 0 Å². The number of ketones is 2. The summed E-state index contributed by atoms with van der Waals surface area (Å²) in [5.74, 6) is -1.32. The molecule has 0 spiro atoms. The van der Waals surface area contributed by atoms with Gasteiger partial charge in [-0.1, -0.05) is 24.3 Å². The van der Waals surface area contributed by atoms with Crippen LogP contribution in [0.15, 0.2) is 35.4 Å². The highest BCUT2D eigenvalue weighted by atomic mass is 16.6. The summed E-state index contributed by atoms with van der Waals surface area (Å²) in [6, 6.07) is 5.87. The molecule has 1 N–H and O–H groups in total. The van der Waals surface area contributed by atoms with Crippen molar-refractivity contribution in [3.8, 4) is 0 Å². The second kappa shape index (κ2) is 7.86. The zero-order valence-electron chi connectivity index (χ0n) is 16.3. The van der Waals surface area contributed by atoms with E-state index in [-0.39, 0.29) is 30.3 Å².